The Morgan fingerprint density at radius 2 is 1.76 bits per heavy atom. The molecule has 0 atom stereocenters. The van der Waals surface area contributed by atoms with Crippen molar-refractivity contribution in [1.29, 1.82) is 0 Å². The highest BCUT2D eigenvalue weighted by Gasteiger charge is 2.30. The van der Waals surface area contributed by atoms with Crippen molar-refractivity contribution in [3.8, 4) is 11.1 Å². The van der Waals surface area contributed by atoms with Crippen molar-refractivity contribution in [1.82, 2.24) is 0 Å². The van der Waals surface area contributed by atoms with Crippen LogP contribution < -0.4 is 4.90 Å². The molecule has 0 saturated heterocycles. The van der Waals surface area contributed by atoms with Gasteiger partial charge < -0.3 is 9.64 Å². The van der Waals surface area contributed by atoms with Crippen molar-refractivity contribution in [2.45, 2.75) is 32.7 Å². The Hall–Kier alpha value is -2.34. The number of benzene rings is 2. The number of carbonyl (C=O) groups excluding carboxylic acids is 1. The summed E-state index contributed by atoms with van der Waals surface area (Å²) in [5.74, 6) is -0.157. The van der Waals surface area contributed by atoms with E-state index in [0.717, 1.165) is 17.7 Å². The van der Waals surface area contributed by atoms with Crippen molar-refractivity contribution >= 4 is 11.6 Å². The quantitative estimate of drug-likeness (QED) is 0.790. The standard InChI is InChI=1S/C19H18F3NO2/c1-12(2)23-17-9-14(6-7-15(17)10-25-11-18(23)24)13-4-3-5-16(8-13)19(20,21)22/h3-9,12H,10-11H2,1-2H3. The number of hydrogen-bond acceptors (Lipinski definition) is 2. The summed E-state index contributed by atoms with van der Waals surface area (Å²) >= 11 is 0. The van der Waals surface area contributed by atoms with Crippen LogP contribution in [0.5, 0.6) is 0 Å². The zero-order valence-electron chi connectivity index (χ0n) is 13.9. The number of anilines is 1. The van der Waals surface area contributed by atoms with Crippen LogP contribution in [-0.4, -0.2) is 18.6 Å². The summed E-state index contributed by atoms with van der Waals surface area (Å²) in [5, 5.41) is 0. The highest BCUT2D eigenvalue weighted by atomic mass is 19.4. The van der Waals surface area contributed by atoms with Gasteiger partial charge in [-0.2, -0.15) is 13.2 Å². The van der Waals surface area contributed by atoms with Crippen LogP contribution in [-0.2, 0) is 22.3 Å². The van der Waals surface area contributed by atoms with Gasteiger partial charge in [-0.3, -0.25) is 4.79 Å². The fraction of sp³-hybridized carbons (Fsp3) is 0.316. The predicted molar refractivity (Wildman–Crippen MR) is 89.2 cm³/mol. The smallest absolute Gasteiger partial charge is 0.367 e. The highest BCUT2D eigenvalue weighted by Crippen LogP contribution is 2.35. The van der Waals surface area contributed by atoms with E-state index in [1.165, 1.54) is 6.07 Å². The van der Waals surface area contributed by atoms with Crippen molar-refractivity contribution in [3.05, 3.63) is 53.6 Å². The van der Waals surface area contributed by atoms with Gasteiger partial charge in [-0.05, 0) is 43.2 Å². The van der Waals surface area contributed by atoms with Gasteiger partial charge in [0.1, 0.15) is 6.61 Å². The van der Waals surface area contributed by atoms with Crippen LogP contribution in [0.15, 0.2) is 42.5 Å². The monoisotopic (exact) mass is 349 g/mol. The second-order valence-corrected chi connectivity index (χ2v) is 6.27. The summed E-state index contributed by atoms with van der Waals surface area (Å²) in [5.41, 5.74) is 1.92. The fourth-order valence-electron chi connectivity index (χ4n) is 2.98. The summed E-state index contributed by atoms with van der Waals surface area (Å²) < 4.78 is 44.3. The van der Waals surface area contributed by atoms with E-state index in [4.69, 9.17) is 4.74 Å². The average molecular weight is 349 g/mol. The Balaban J connectivity index is 2.09. The molecule has 1 amide bonds. The van der Waals surface area contributed by atoms with Crippen LogP contribution in [0.1, 0.15) is 25.0 Å². The number of halogens is 3. The van der Waals surface area contributed by atoms with Crippen LogP contribution in [0.3, 0.4) is 0 Å². The highest BCUT2D eigenvalue weighted by molar-refractivity contribution is 5.96. The van der Waals surface area contributed by atoms with Crippen LogP contribution in [0.2, 0.25) is 0 Å². The Morgan fingerprint density at radius 3 is 2.44 bits per heavy atom. The Bertz CT molecular complexity index is 799. The molecule has 0 N–H and O–H groups in total. The first-order chi connectivity index (χ1) is 11.8. The number of alkyl halides is 3. The van der Waals surface area contributed by atoms with Crippen LogP contribution in [0.4, 0.5) is 18.9 Å². The molecular formula is C19H18F3NO2. The van der Waals surface area contributed by atoms with E-state index in [2.05, 4.69) is 0 Å². The van der Waals surface area contributed by atoms with E-state index >= 15 is 0 Å². The van der Waals surface area contributed by atoms with Gasteiger partial charge in [0.25, 0.3) is 5.91 Å². The van der Waals surface area contributed by atoms with Crippen LogP contribution in [0.25, 0.3) is 11.1 Å². The van der Waals surface area contributed by atoms with Crippen molar-refractivity contribution in [2.24, 2.45) is 0 Å². The molecule has 1 aliphatic rings. The molecular weight excluding hydrogens is 331 g/mol. The van der Waals surface area contributed by atoms with Crippen LogP contribution in [0, 0.1) is 0 Å². The summed E-state index contributed by atoms with van der Waals surface area (Å²) in [6, 6.07) is 10.4. The molecule has 0 bridgehead atoms. The van der Waals surface area contributed by atoms with Gasteiger partial charge in [0, 0.05) is 11.6 Å². The molecule has 3 nitrogen and oxygen atoms in total. The molecule has 25 heavy (non-hydrogen) atoms. The summed E-state index contributed by atoms with van der Waals surface area (Å²) in [6.07, 6.45) is -4.39. The maximum Gasteiger partial charge on any atom is 0.416 e. The van der Waals surface area contributed by atoms with Gasteiger partial charge in [0.05, 0.1) is 17.9 Å². The van der Waals surface area contributed by atoms with Gasteiger partial charge >= 0.3 is 6.18 Å². The number of amides is 1. The average Bonchev–Trinajstić information content (AvgIpc) is 2.71. The third-order valence-electron chi connectivity index (χ3n) is 4.14. The lowest BCUT2D eigenvalue weighted by atomic mass is 9.99. The minimum Gasteiger partial charge on any atom is -0.367 e. The molecule has 0 aliphatic carbocycles. The zero-order chi connectivity index (χ0) is 18.2. The third kappa shape index (κ3) is 3.54. The lowest BCUT2D eigenvalue weighted by Gasteiger charge is -2.27. The second-order valence-electron chi connectivity index (χ2n) is 6.27. The van der Waals surface area contributed by atoms with E-state index in [9.17, 15) is 18.0 Å². The van der Waals surface area contributed by atoms with Crippen molar-refractivity contribution in [2.75, 3.05) is 11.5 Å². The van der Waals surface area contributed by atoms with Gasteiger partial charge in [-0.1, -0.05) is 24.3 Å². The first kappa shape index (κ1) is 17.5. The molecule has 6 heteroatoms. The molecule has 0 aromatic heterocycles. The van der Waals surface area contributed by atoms with E-state index in [0.29, 0.717) is 23.4 Å². The van der Waals surface area contributed by atoms with E-state index in [1.54, 1.807) is 29.2 Å². The van der Waals surface area contributed by atoms with Gasteiger partial charge in [-0.25, -0.2) is 0 Å². The maximum absolute atomic E-state index is 13.0. The Labute approximate surface area is 144 Å². The predicted octanol–water partition coefficient (Wildman–Crippen LogP) is 4.64. The lowest BCUT2D eigenvalue weighted by Crippen LogP contribution is -2.38. The van der Waals surface area contributed by atoms with E-state index in [-0.39, 0.29) is 18.6 Å². The topological polar surface area (TPSA) is 29.5 Å². The van der Waals surface area contributed by atoms with Crippen molar-refractivity contribution < 1.29 is 22.7 Å². The minimum absolute atomic E-state index is 0.00818. The molecule has 3 rings (SSSR count). The Kier molecular flexibility index (Phi) is 4.56. The minimum atomic E-state index is -4.39. The third-order valence-corrected chi connectivity index (χ3v) is 4.14. The Morgan fingerprint density at radius 1 is 1.04 bits per heavy atom. The SMILES string of the molecule is CC(C)N1C(=O)COCc2ccc(-c3cccc(C(F)(F)F)c3)cc21. The zero-order valence-corrected chi connectivity index (χ0v) is 13.9. The molecule has 2 aromatic rings. The lowest BCUT2D eigenvalue weighted by molar-refractivity contribution is -0.137. The largest absolute Gasteiger partial charge is 0.416 e. The van der Waals surface area contributed by atoms with E-state index < -0.39 is 11.7 Å². The molecule has 0 fully saturated rings. The van der Waals surface area contributed by atoms with Gasteiger partial charge in [-0.15, -0.1) is 0 Å². The number of carbonyl (C=O) groups is 1. The molecule has 1 aliphatic heterocycles. The van der Waals surface area contributed by atoms with E-state index in [1.807, 2.05) is 13.8 Å². The van der Waals surface area contributed by atoms with Crippen LogP contribution >= 0.6 is 0 Å². The first-order valence-electron chi connectivity index (χ1n) is 7.98. The number of hydrogen-bond donors (Lipinski definition) is 0. The fourth-order valence-corrected chi connectivity index (χ4v) is 2.98. The normalized spacial score (nSPS) is 15.3. The summed E-state index contributed by atoms with van der Waals surface area (Å²) in [4.78, 5) is 13.9. The number of fused-ring (bicyclic) bond motifs is 1. The molecule has 2 aromatic carbocycles. The molecule has 0 saturated carbocycles. The summed E-state index contributed by atoms with van der Waals surface area (Å²) in [7, 11) is 0. The molecule has 1 heterocycles. The molecule has 132 valence electrons. The number of nitrogens with zero attached hydrogens (tertiary/aromatic N) is 1. The van der Waals surface area contributed by atoms with Gasteiger partial charge in [0.15, 0.2) is 0 Å². The molecule has 0 unspecified atom stereocenters. The summed E-state index contributed by atoms with van der Waals surface area (Å²) in [6.45, 7) is 4.08. The van der Waals surface area contributed by atoms with Gasteiger partial charge in [0.2, 0.25) is 0 Å². The second kappa shape index (κ2) is 6.52. The molecule has 0 spiro atoms. The maximum atomic E-state index is 13.0. The number of ether oxygens (including phenoxy) is 1. The molecule has 0 radical (unpaired) electrons. The first-order valence-corrected chi connectivity index (χ1v) is 7.98. The number of rotatable bonds is 2. The van der Waals surface area contributed by atoms with Crippen molar-refractivity contribution in [3.63, 3.8) is 0 Å².